The fourth-order valence-electron chi connectivity index (χ4n) is 1.98. The molecule has 0 N–H and O–H groups in total. The van der Waals surface area contributed by atoms with E-state index in [9.17, 15) is 0 Å². The second-order valence-electron chi connectivity index (χ2n) is 4.15. The molecule has 0 aromatic carbocycles. The molecular weight excluding hydrogens is 222 g/mol. The average molecular weight is 238 g/mol. The van der Waals surface area contributed by atoms with Gasteiger partial charge in [-0.15, -0.1) is 11.6 Å². The van der Waals surface area contributed by atoms with Gasteiger partial charge < -0.3 is 4.57 Å². The number of alkyl halides is 1. The first-order valence-corrected chi connectivity index (χ1v) is 6.14. The van der Waals surface area contributed by atoms with E-state index in [-0.39, 0.29) is 0 Å². The minimum Gasteiger partial charge on any atom is -0.325 e. The Balaban J connectivity index is 2.50. The van der Waals surface area contributed by atoms with E-state index in [1.807, 2.05) is 18.5 Å². The third-order valence-corrected chi connectivity index (χ3v) is 2.88. The topological polar surface area (TPSA) is 30.7 Å². The van der Waals surface area contributed by atoms with E-state index in [0.29, 0.717) is 11.9 Å². The van der Waals surface area contributed by atoms with Gasteiger partial charge in [0.2, 0.25) is 0 Å². The number of hydrogen-bond donors (Lipinski definition) is 0. The highest BCUT2D eigenvalue weighted by molar-refractivity contribution is 6.17. The summed E-state index contributed by atoms with van der Waals surface area (Å²) in [6, 6.07) is 2.43. The van der Waals surface area contributed by atoms with Crippen LogP contribution in [0.1, 0.15) is 32.1 Å². The van der Waals surface area contributed by atoms with Crippen molar-refractivity contribution in [1.82, 2.24) is 14.5 Å². The van der Waals surface area contributed by atoms with Gasteiger partial charge in [-0.2, -0.15) is 0 Å². The molecule has 0 fully saturated rings. The molecule has 0 saturated carbocycles. The third kappa shape index (κ3) is 2.05. The van der Waals surface area contributed by atoms with E-state index < -0.39 is 0 Å². The number of rotatable bonds is 4. The molecule has 0 amide bonds. The number of hydrogen-bond acceptors (Lipinski definition) is 2. The van der Waals surface area contributed by atoms with Crippen LogP contribution < -0.4 is 0 Å². The Kier molecular flexibility index (Phi) is 3.44. The predicted octanol–water partition coefficient (Wildman–Crippen LogP) is 3.18. The number of halogens is 1. The first kappa shape index (κ1) is 11.4. The van der Waals surface area contributed by atoms with E-state index in [1.165, 1.54) is 0 Å². The Bertz CT molecular complexity index is 476. The molecule has 0 radical (unpaired) electrons. The molecule has 2 heterocycles. The number of nitrogens with zero attached hydrogens (tertiary/aromatic N) is 3. The van der Waals surface area contributed by atoms with Crippen molar-refractivity contribution in [3.8, 4) is 0 Å². The van der Waals surface area contributed by atoms with E-state index in [1.54, 1.807) is 0 Å². The van der Waals surface area contributed by atoms with E-state index in [4.69, 9.17) is 11.6 Å². The molecule has 0 saturated heterocycles. The monoisotopic (exact) mass is 237 g/mol. The van der Waals surface area contributed by atoms with E-state index >= 15 is 0 Å². The van der Waals surface area contributed by atoms with E-state index in [0.717, 1.165) is 29.7 Å². The quantitative estimate of drug-likeness (QED) is 0.765. The second kappa shape index (κ2) is 4.83. The Morgan fingerprint density at radius 3 is 2.94 bits per heavy atom. The van der Waals surface area contributed by atoms with Gasteiger partial charge in [-0.25, -0.2) is 4.98 Å². The maximum Gasteiger partial charge on any atom is 0.110 e. The van der Waals surface area contributed by atoms with E-state index in [2.05, 4.69) is 28.4 Å². The van der Waals surface area contributed by atoms with Gasteiger partial charge in [0, 0.05) is 24.5 Å². The fraction of sp³-hybridized carbons (Fsp3) is 0.500. The summed E-state index contributed by atoms with van der Waals surface area (Å²) in [6.45, 7) is 4.34. The molecule has 0 unspecified atom stereocenters. The van der Waals surface area contributed by atoms with Gasteiger partial charge in [0.05, 0.1) is 11.7 Å². The fourth-order valence-corrected chi connectivity index (χ4v) is 2.11. The molecular formula is C12H16ClN3. The van der Waals surface area contributed by atoms with Crippen LogP contribution in [0.15, 0.2) is 18.5 Å². The van der Waals surface area contributed by atoms with Crippen LogP contribution in [0, 0.1) is 0 Å². The summed E-state index contributed by atoms with van der Waals surface area (Å²) in [6.07, 6.45) is 5.52. The molecule has 2 aromatic heterocycles. The molecule has 0 aliphatic carbocycles. The first-order chi connectivity index (χ1) is 7.74. The molecule has 0 bridgehead atoms. The van der Waals surface area contributed by atoms with Crippen LogP contribution >= 0.6 is 11.6 Å². The lowest BCUT2D eigenvalue weighted by atomic mass is 10.3. The minimum atomic E-state index is 0.415. The number of fused-ring (bicyclic) bond motifs is 1. The third-order valence-electron chi connectivity index (χ3n) is 2.62. The van der Waals surface area contributed by atoms with Crippen molar-refractivity contribution >= 4 is 22.6 Å². The van der Waals surface area contributed by atoms with Gasteiger partial charge in [0.1, 0.15) is 11.3 Å². The molecule has 2 rings (SSSR count). The highest BCUT2D eigenvalue weighted by atomic mass is 35.5. The Morgan fingerprint density at radius 2 is 2.25 bits per heavy atom. The summed E-state index contributed by atoms with van der Waals surface area (Å²) in [7, 11) is 0. The van der Waals surface area contributed by atoms with Crippen molar-refractivity contribution in [3.63, 3.8) is 0 Å². The number of imidazole rings is 1. The zero-order valence-corrected chi connectivity index (χ0v) is 10.4. The van der Waals surface area contributed by atoms with Crippen LogP contribution in [0.3, 0.4) is 0 Å². The summed E-state index contributed by atoms with van der Waals surface area (Å²) in [5, 5.41) is 0. The van der Waals surface area contributed by atoms with Crippen molar-refractivity contribution in [3.05, 3.63) is 24.3 Å². The van der Waals surface area contributed by atoms with Crippen LogP contribution in [-0.4, -0.2) is 20.4 Å². The second-order valence-corrected chi connectivity index (χ2v) is 4.53. The lowest BCUT2D eigenvalue weighted by Gasteiger charge is -2.12. The summed E-state index contributed by atoms with van der Waals surface area (Å²) in [4.78, 5) is 8.72. The van der Waals surface area contributed by atoms with Gasteiger partial charge >= 0.3 is 0 Å². The minimum absolute atomic E-state index is 0.415. The normalized spacial score (nSPS) is 11.5. The number of pyridine rings is 1. The Labute approximate surface area is 100 Å². The number of aryl methyl sites for hydroxylation is 1. The molecule has 2 aromatic rings. The van der Waals surface area contributed by atoms with Crippen molar-refractivity contribution in [2.24, 2.45) is 0 Å². The molecule has 86 valence electrons. The Morgan fingerprint density at radius 1 is 1.44 bits per heavy atom. The zero-order chi connectivity index (χ0) is 11.5. The predicted molar refractivity (Wildman–Crippen MR) is 67.0 cm³/mol. The Hall–Kier alpha value is -1.09. The van der Waals surface area contributed by atoms with Crippen molar-refractivity contribution in [1.29, 1.82) is 0 Å². The van der Waals surface area contributed by atoms with Gasteiger partial charge in [-0.1, -0.05) is 0 Å². The highest BCUT2D eigenvalue weighted by Gasteiger charge is 2.12. The molecule has 4 heteroatoms. The van der Waals surface area contributed by atoms with Crippen LogP contribution in [0.2, 0.25) is 0 Å². The first-order valence-electron chi connectivity index (χ1n) is 5.61. The summed E-state index contributed by atoms with van der Waals surface area (Å²) < 4.78 is 2.27. The summed E-state index contributed by atoms with van der Waals surface area (Å²) in [5.41, 5.74) is 2.13. The van der Waals surface area contributed by atoms with Gasteiger partial charge in [-0.05, 0) is 26.3 Å². The zero-order valence-electron chi connectivity index (χ0n) is 9.65. The van der Waals surface area contributed by atoms with Crippen molar-refractivity contribution < 1.29 is 0 Å². The van der Waals surface area contributed by atoms with Crippen LogP contribution in [0.4, 0.5) is 0 Å². The lowest BCUT2D eigenvalue weighted by molar-refractivity contribution is 0.580. The molecule has 0 atom stereocenters. The van der Waals surface area contributed by atoms with Crippen LogP contribution in [-0.2, 0) is 6.42 Å². The number of aromatic nitrogens is 3. The lowest BCUT2D eigenvalue weighted by Crippen LogP contribution is -2.06. The molecule has 0 aliphatic rings. The van der Waals surface area contributed by atoms with Crippen molar-refractivity contribution in [2.75, 3.05) is 5.88 Å². The van der Waals surface area contributed by atoms with Crippen LogP contribution in [0.5, 0.6) is 0 Å². The smallest absolute Gasteiger partial charge is 0.110 e. The van der Waals surface area contributed by atoms with Gasteiger partial charge in [-0.3, -0.25) is 4.98 Å². The van der Waals surface area contributed by atoms with Crippen molar-refractivity contribution in [2.45, 2.75) is 32.7 Å². The standard InChI is InChI=1S/C12H16ClN3/c1-9(2)16-11-5-7-14-8-10(11)15-12(16)4-3-6-13/h5,7-9H,3-4,6H2,1-2H3. The molecule has 0 aliphatic heterocycles. The van der Waals surface area contributed by atoms with Gasteiger partial charge in [0.25, 0.3) is 0 Å². The molecule has 16 heavy (non-hydrogen) atoms. The van der Waals surface area contributed by atoms with Crippen LogP contribution in [0.25, 0.3) is 11.0 Å². The average Bonchev–Trinajstić information content (AvgIpc) is 2.64. The summed E-state index contributed by atoms with van der Waals surface area (Å²) >= 11 is 5.73. The maximum atomic E-state index is 5.73. The SMILES string of the molecule is CC(C)n1c(CCCCl)nc2cnccc21. The summed E-state index contributed by atoms with van der Waals surface area (Å²) in [5.74, 6) is 1.79. The largest absolute Gasteiger partial charge is 0.325 e. The molecule has 0 spiro atoms. The van der Waals surface area contributed by atoms with Gasteiger partial charge in [0.15, 0.2) is 0 Å². The molecule has 3 nitrogen and oxygen atoms in total. The highest BCUT2D eigenvalue weighted by Crippen LogP contribution is 2.20. The maximum absolute atomic E-state index is 5.73.